The Labute approximate surface area is 152 Å². The molecule has 0 aromatic heterocycles. The summed E-state index contributed by atoms with van der Waals surface area (Å²) in [6.45, 7) is 0. The first-order valence-electron chi connectivity index (χ1n) is 7.62. The number of imide groups is 1. The summed E-state index contributed by atoms with van der Waals surface area (Å²) in [4.78, 5) is 32.2. The van der Waals surface area contributed by atoms with Gasteiger partial charge in [-0.25, -0.2) is 4.90 Å². The third kappa shape index (κ3) is 2.42. The number of amides is 2. The van der Waals surface area contributed by atoms with Crippen LogP contribution >= 0.6 is 15.9 Å². The molecule has 0 spiro atoms. The first-order valence-corrected chi connectivity index (χ1v) is 8.41. The van der Waals surface area contributed by atoms with Crippen LogP contribution in [0, 0.1) is 5.92 Å². The summed E-state index contributed by atoms with van der Waals surface area (Å²) < 4.78 is 6.19. The van der Waals surface area contributed by atoms with E-state index in [4.69, 9.17) is 9.57 Å². The van der Waals surface area contributed by atoms with E-state index in [0.29, 0.717) is 17.1 Å². The highest BCUT2D eigenvalue weighted by atomic mass is 79.9. The number of fused-ring (bicyclic) bond motifs is 1. The molecule has 1 fully saturated rings. The summed E-state index contributed by atoms with van der Waals surface area (Å²) in [5, 5.41) is 3.99. The number of benzene rings is 2. The van der Waals surface area contributed by atoms with Crippen LogP contribution in [0.4, 0.5) is 5.69 Å². The number of nitrogens with zero attached hydrogens (tertiary/aromatic N) is 2. The van der Waals surface area contributed by atoms with Gasteiger partial charge in [-0.15, -0.1) is 0 Å². The van der Waals surface area contributed by atoms with Gasteiger partial charge in [-0.3, -0.25) is 9.59 Å². The molecular formula is C18H13BrN2O4. The number of carbonyl (C=O) groups is 2. The van der Waals surface area contributed by atoms with Crippen LogP contribution < -0.4 is 9.64 Å². The molecule has 7 heteroatoms. The number of hydrogen-bond acceptors (Lipinski definition) is 5. The maximum absolute atomic E-state index is 13.0. The van der Waals surface area contributed by atoms with Gasteiger partial charge in [-0.05, 0) is 24.3 Å². The van der Waals surface area contributed by atoms with Crippen molar-refractivity contribution >= 4 is 39.1 Å². The van der Waals surface area contributed by atoms with Gasteiger partial charge in [-0.2, -0.15) is 0 Å². The highest BCUT2D eigenvalue weighted by Gasteiger charge is 2.56. The lowest BCUT2D eigenvalue weighted by molar-refractivity contribution is -0.126. The predicted octanol–water partition coefficient (Wildman–Crippen LogP) is 2.75. The SMILES string of the molecule is COc1ccccc1N1C(=O)[C@@H]2C(c3ccc(Br)cc3)=NO[C@H]2C1=O. The Morgan fingerprint density at radius 1 is 1.08 bits per heavy atom. The summed E-state index contributed by atoms with van der Waals surface area (Å²) in [5.41, 5.74) is 1.63. The fraction of sp³-hybridized carbons (Fsp3) is 0.167. The molecule has 0 radical (unpaired) electrons. The number of rotatable bonds is 3. The zero-order valence-corrected chi connectivity index (χ0v) is 14.8. The lowest BCUT2D eigenvalue weighted by Crippen LogP contribution is -2.33. The predicted molar refractivity (Wildman–Crippen MR) is 94.5 cm³/mol. The topological polar surface area (TPSA) is 68.2 Å². The summed E-state index contributed by atoms with van der Waals surface area (Å²) in [6, 6.07) is 14.3. The third-order valence-corrected chi connectivity index (χ3v) is 4.81. The Bertz CT molecular complexity index is 894. The zero-order chi connectivity index (χ0) is 17.6. The number of anilines is 1. The molecule has 2 aliphatic heterocycles. The van der Waals surface area contributed by atoms with E-state index in [1.807, 2.05) is 24.3 Å². The Hall–Kier alpha value is -2.67. The molecule has 2 aromatic carbocycles. The van der Waals surface area contributed by atoms with Gasteiger partial charge in [0.15, 0.2) is 0 Å². The maximum Gasteiger partial charge on any atom is 0.279 e. The van der Waals surface area contributed by atoms with Crippen LogP contribution in [0.3, 0.4) is 0 Å². The largest absolute Gasteiger partial charge is 0.495 e. The van der Waals surface area contributed by atoms with Gasteiger partial charge < -0.3 is 9.57 Å². The van der Waals surface area contributed by atoms with Crippen LogP contribution in [0.5, 0.6) is 5.75 Å². The van der Waals surface area contributed by atoms with Crippen LogP contribution in [0.25, 0.3) is 0 Å². The van der Waals surface area contributed by atoms with Gasteiger partial charge in [-0.1, -0.05) is 45.4 Å². The quantitative estimate of drug-likeness (QED) is 0.742. The van der Waals surface area contributed by atoms with Crippen molar-refractivity contribution in [3.63, 3.8) is 0 Å². The van der Waals surface area contributed by atoms with Crippen molar-refractivity contribution < 1.29 is 19.2 Å². The number of halogens is 1. The monoisotopic (exact) mass is 400 g/mol. The maximum atomic E-state index is 13.0. The van der Waals surface area contributed by atoms with Gasteiger partial charge in [0, 0.05) is 10.0 Å². The molecular weight excluding hydrogens is 388 g/mol. The molecule has 2 heterocycles. The van der Waals surface area contributed by atoms with Crippen molar-refractivity contribution in [1.82, 2.24) is 0 Å². The molecule has 0 saturated carbocycles. The molecule has 0 bridgehead atoms. The molecule has 6 nitrogen and oxygen atoms in total. The Morgan fingerprint density at radius 3 is 2.52 bits per heavy atom. The van der Waals surface area contributed by atoms with Crippen LogP contribution in [0.2, 0.25) is 0 Å². The van der Waals surface area contributed by atoms with E-state index < -0.39 is 17.9 Å². The first-order chi connectivity index (χ1) is 12.1. The van der Waals surface area contributed by atoms with Gasteiger partial charge >= 0.3 is 0 Å². The average Bonchev–Trinajstić information content (AvgIpc) is 3.16. The number of para-hydroxylation sites is 2. The van der Waals surface area contributed by atoms with E-state index in [0.717, 1.165) is 14.9 Å². The van der Waals surface area contributed by atoms with Crippen LogP contribution in [-0.2, 0) is 14.4 Å². The molecule has 2 atom stereocenters. The molecule has 2 amide bonds. The molecule has 0 N–H and O–H groups in total. The summed E-state index contributed by atoms with van der Waals surface area (Å²) in [5.74, 6) is -1.10. The molecule has 2 aromatic rings. The van der Waals surface area contributed by atoms with Gasteiger partial charge in [0.1, 0.15) is 17.4 Å². The smallest absolute Gasteiger partial charge is 0.279 e. The Kier molecular flexibility index (Phi) is 3.80. The second-order valence-electron chi connectivity index (χ2n) is 5.67. The summed E-state index contributed by atoms with van der Waals surface area (Å²) >= 11 is 3.37. The first kappa shape index (κ1) is 15.8. The molecule has 4 rings (SSSR count). The third-order valence-electron chi connectivity index (χ3n) is 4.28. The van der Waals surface area contributed by atoms with Crippen molar-refractivity contribution in [3.05, 3.63) is 58.6 Å². The molecule has 2 aliphatic rings. The van der Waals surface area contributed by atoms with Crippen molar-refractivity contribution in [2.24, 2.45) is 11.1 Å². The number of oxime groups is 1. The van der Waals surface area contributed by atoms with Crippen molar-refractivity contribution in [3.8, 4) is 5.75 Å². The lowest BCUT2D eigenvalue weighted by Gasteiger charge is -2.18. The van der Waals surface area contributed by atoms with E-state index >= 15 is 0 Å². The Morgan fingerprint density at radius 2 is 1.80 bits per heavy atom. The summed E-state index contributed by atoms with van der Waals surface area (Å²) in [6.07, 6.45) is -0.934. The Balaban J connectivity index is 1.72. The summed E-state index contributed by atoms with van der Waals surface area (Å²) in [7, 11) is 1.50. The second-order valence-corrected chi connectivity index (χ2v) is 6.59. The fourth-order valence-electron chi connectivity index (χ4n) is 3.09. The molecule has 0 unspecified atom stereocenters. The highest BCUT2D eigenvalue weighted by molar-refractivity contribution is 9.10. The molecule has 1 saturated heterocycles. The molecule has 126 valence electrons. The number of ether oxygens (including phenoxy) is 1. The van der Waals surface area contributed by atoms with Crippen molar-refractivity contribution in [2.45, 2.75) is 6.10 Å². The average molecular weight is 401 g/mol. The van der Waals surface area contributed by atoms with E-state index in [2.05, 4.69) is 21.1 Å². The number of carbonyl (C=O) groups excluding carboxylic acids is 2. The minimum absolute atomic E-state index is 0.362. The number of methoxy groups -OCH3 is 1. The fourth-order valence-corrected chi connectivity index (χ4v) is 3.35. The van der Waals surface area contributed by atoms with Gasteiger partial charge in [0.25, 0.3) is 5.91 Å². The van der Waals surface area contributed by atoms with E-state index in [1.54, 1.807) is 24.3 Å². The standard InChI is InChI=1S/C18H13BrN2O4/c1-24-13-5-3-2-4-12(13)21-17(22)14-15(20-25-16(14)18(21)23)10-6-8-11(19)9-7-10/h2-9,14,16H,1H3/t14-,16-/m1/s1. The van der Waals surface area contributed by atoms with Crippen LogP contribution in [0.1, 0.15) is 5.56 Å². The van der Waals surface area contributed by atoms with E-state index in [9.17, 15) is 9.59 Å². The number of hydrogen-bond donors (Lipinski definition) is 0. The highest BCUT2D eigenvalue weighted by Crippen LogP contribution is 2.38. The van der Waals surface area contributed by atoms with Crippen LogP contribution in [-0.4, -0.2) is 30.7 Å². The molecule has 0 aliphatic carbocycles. The molecule has 25 heavy (non-hydrogen) atoms. The van der Waals surface area contributed by atoms with Crippen LogP contribution in [0.15, 0.2) is 58.2 Å². The minimum Gasteiger partial charge on any atom is -0.495 e. The lowest BCUT2D eigenvalue weighted by atomic mass is 9.94. The van der Waals surface area contributed by atoms with E-state index in [1.165, 1.54) is 7.11 Å². The minimum atomic E-state index is -0.934. The van der Waals surface area contributed by atoms with Gasteiger partial charge in [0.05, 0.1) is 12.8 Å². The van der Waals surface area contributed by atoms with E-state index in [-0.39, 0.29) is 5.91 Å². The second kappa shape index (κ2) is 6.00. The van der Waals surface area contributed by atoms with Crippen molar-refractivity contribution in [1.29, 1.82) is 0 Å². The van der Waals surface area contributed by atoms with Crippen molar-refractivity contribution in [2.75, 3.05) is 12.0 Å². The zero-order valence-electron chi connectivity index (χ0n) is 13.2. The van der Waals surface area contributed by atoms with Gasteiger partial charge in [0.2, 0.25) is 12.0 Å². The normalized spacial score (nSPS) is 21.8.